The van der Waals surface area contributed by atoms with Crippen LogP contribution in [0.4, 0.5) is 0 Å². The Hall–Kier alpha value is -0.860. The molecule has 2 N–H and O–H groups in total. The van der Waals surface area contributed by atoms with E-state index in [-0.39, 0.29) is 30.0 Å². The minimum Gasteiger partial charge on any atom is -0.382 e. The van der Waals surface area contributed by atoms with E-state index in [1.54, 1.807) is 0 Å². The van der Waals surface area contributed by atoms with Crippen LogP contribution in [-0.2, 0) is 4.74 Å². The molecule has 0 amide bonds. The van der Waals surface area contributed by atoms with Crippen molar-refractivity contribution in [3.63, 3.8) is 0 Å². The van der Waals surface area contributed by atoms with Crippen LogP contribution in [0.5, 0.6) is 0 Å². The first-order valence-electron chi connectivity index (χ1n) is 9.00. The molecule has 1 aromatic rings. The summed E-state index contributed by atoms with van der Waals surface area (Å²) in [6.07, 6.45) is 2.16. The summed E-state index contributed by atoms with van der Waals surface area (Å²) in [7, 11) is 4.20. The number of hydrogen-bond donors (Lipinski definition) is 2. The highest BCUT2D eigenvalue weighted by atomic mass is 127. The third-order valence-electron chi connectivity index (χ3n) is 3.79. The summed E-state index contributed by atoms with van der Waals surface area (Å²) < 4.78 is 5.36. The highest BCUT2D eigenvalue weighted by Crippen LogP contribution is 2.17. The molecular formula is C19H35IN4O. The minimum atomic E-state index is 0. The van der Waals surface area contributed by atoms with Gasteiger partial charge in [0.1, 0.15) is 0 Å². The Labute approximate surface area is 170 Å². The number of unbranched alkanes of at least 4 members (excludes halogenated alkanes) is 1. The molecule has 0 bridgehead atoms. The van der Waals surface area contributed by atoms with E-state index in [2.05, 4.69) is 60.8 Å². The van der Waals surface area contributed by atoms with E-state index < -0.39 is 0 Å². The fourth-order valence-electron chi connectivity index (χ4n) is 2.44. The second-order valence-corrected chi connectivity index (χ2v) is 5.94. The molecule has 1 aromatic carbocycles. The van der Waals surface area contributed by atoms with Crippen LogP contribution in [0.3, 0.4) is 0 Å². The summed E-state index contributed by atoms with van der Waals surface area (Å²) in [6, 6.07) is 10.8. The number of hydrogen-bond acceptors (Lipinski definition) is 3. The van der Waals surface area contributed by atoms with Crippen molar-refractivity contribution in [2.24, 2.45) is 4.99 Å². The molecule has 1 atom stereocenters. The number of nitrogens with zero attached hydrogens (tertiary/aromatic N) is 2. The van der Waals surface area contributed by atoms with Gasteiger partial charge < -0.3 is 20.3 Å². The van der Waals surface area contributed by atoms with Crippen molar-refractivity contribution < 1.29 is 4.74 Å². The molecule has 0 heterocycles. The maximum Gasteiger partial charge on any atom is 0.191 e. The molecule has 1 rings (SSSR count). The molecule has 0 fully saturated rings. The van der Waals surface area contributed by atoms with Gasteiger partial charge in [0, 0.05) is 26.3 Å². The highest BCUT2D eigenvalue weighted by molar-refractivity contribution is 14.0. The predicted molar refractivity (Wildman–Crippen MR) is 118 cm³/mol. The summed E-state index contributed by atoms with van der Waals surface area (Å²) in [5.41, 5.74) is 1.29. The Balaban J connectivity index is 0.00000576. The van der Waals surface area contributed by atoms with Crippen LogP contribution >= 0.6 is 24.0 Å². The summed E-state index contributed by atoms with van der Waals surface area (Å²) >= 11 is 0. The number of rotatable bonds is 11. The fourth-order valence-corrected chi connectivity index (χ4v) is 2.44. The van der Waals surface area contributed by atoms with Crippen LogP contribution in [0.25, 0.3) is 0 Å². The Morgan fingerprint density at radius 2 is 1.84 bits per heavy atom. The first-order valence-corrected chi connectivity index (χ1v) is 9.00. The van der Waals surface area contributed by atoms with Crippen molar-refractivity contribution >= 4 is 29.9 Å². The topological polar surface area (TPSA) is 48.9 Å². The van der Waals surface area contributed by atoms with Crippen molar-refractivity contribution in [1.82, 2.24) is 15.5 Å². The second kappa shape index (κ2) is 15.4. The molecule has 144 valence electrons. The van der Waals surface area contributed by atoms with E-state index in [0.717, 1.165) is 51.6 Å². The van der Waals surface area contributed by atoms with Crippen LogP contribution in [0, 0.1) is 0 Å². The quantitative estimate of drug-likeness (QED) is 0.229. The van der Waals surface area contributed by atoms with Crippen molar-refractivity contribution in [1.29, 1.82) is 0 Å². The monoisotopic (exact) mass is 462 g/mol. The predicted octanol–water partition coefficient (Wildman–Crippen LogP) is 3.28. The number of benzene rings is 1. The first kappa shape index (κ1) is 24.1. The molecule has 0 saturated heterocycles. The standard InChI is InChI=1S/C19H34N4O.HI/c1-5-20-19(21-14-10-11-15-24-6-2)22-16-18(23(3)4)17-12-8-7-9-13-17;/h7-9,12-13,18H,5-6,10-11,14-16H2,1-4H3,(H2,20,21,22);1H. The number of ether oxygens (including phenoxy) is 1. The average molecular weight is 462 g/mol. The molecule has 6 heteroatoms. The molecular weight excluding hydrogens is 427 g/mol. The van der Waals surface area contributed by atoms with Gasteiger partial charge in [0.2, 0.25) is 0 Å². The van der Waals surface area contributed by atoms with Crippen LogP contribution in [-0.4, -0.2) is 57.8 Å². The summed E-state index contributed by atoms with van der Waals surface area (Å²) in [4.78, 5) is 6.98. The van der Waals surface area contributed by atoms with Crippen LogP contribution in [0.1, 0.15) is 38.3 Å². The summed E-state index contributed by atoms with van der Waals surface area (Å²) in [6.45, 7) is 8.26. The van der Waals surface area contributed by atoms with Gasteiger partial charge in [0.05, 0.1) is 12.6 Å². The summed E-state index contributed by atoms with van der Waals surface area (Å²) in [5, 5.41) is 6.73. The Kier molecular flexibility index (Phi) is 14.9. The first-order chi connectivity index (χ1) is 11.7. The SMILES string of the molecule is CCNC(=NCC(c1ccccc1)N(C)C)NCCCCOCC.I. The van der Waals surface area contributed by atoms with E-state index in [4.69, 9.17) is 9.73 Å². The number of nitrogens with one attached hydrogen (secondary N) is 2. The van der Waals surface area contributed by atoms with E-state index >= 15 is 0 Å². The molecule has 0 aliphatic carbocycles. The van der Waals surface area contributed by atoms with Crippen molar-refractivity contribution in [3.8, 4) is 0 Å². The van der Waals surface area contributed by atoms with Gasteiger partial charge in [-0.2, -0.15) is 0 Å². The van der Waals surface area contributed by atoms with Gasteiger partial charge in [-0.3, -0.25) is 4.99 Å². The molecule has 0 spiro atoms. The lowest BCUT2D eigenvalue weighted by molar-refractivity contribution is 0.143. The van der Waals surface area contributed by atoms with Gasteiger partial charge in [0.25, 0.3) is 0 Å². The van der Waals surface area contributed by atoms with Crippen LogP contribution < -0.4 is 10.6 Å². The smallest absolute Gasteiger partial charge is 0.191 e. The lowest BCUT2D eigenvalue weighted by Gasteiger charge is -2.23. The number of guanidine groups is 1. The second-order valence-electron chi connectivity index (χ2n) is 5.94. The zero-order valence-corrected chi connectivity index (χ0v) is 18.5. The van der Waals surface area contributed by atoms with Crippen molar-refractivity contribution in [3.05, 3.63) is 35.9 Å². The summed E-state index contributed by atoms with van der Waals surface area (Å²) in [5.74, 6) is 0.886. The Morgan fingerprint density at radius 1 is 1.12 bits per heavy atom. The van der Waals surface area contributed by atoms with Gasteiger partial charge in [-0.25, -0.2) is 0 Å². The average Bonchev–Trinajstić information content (AvgIpc) is 2.58. The fraction of sp³-hybridized carbons (Fsp3) is 0.632. The third-order valence-corrected chi connectivity index (χ3v) is 3.79. The molecule has 1 unspecified atom stereocenters. The lowest BCUT2D eigenvalue weighted by Crippen LogP contribution is -2.38. The maximum absolute atomic E-state index is 5.36. The van der Waals surface area contributed by atoms with E-state index in [1.165, 1.54) is 5.56 Å². The molecule has 0 radical (unpaired) electrons. The highest BCUT2D eigenvalue weighted by Gasteiger charge is 2.13. The molecule has 5 nitrogen and oxygen atoms in total. The Bertz CT molecular complexity index is 454. The molecule has 0 aliphatic rings. The van der Waals surface area contributed by atoms with Gasteiger partial charge in [-0.05, 0) is 46.3 Å². The minimum absolute atomic E-state index is 0. The van der Waals surface area contributed by atoms with Crippen molar-refractivity contribution in [2.75, 3.05) is 46.9 Å². The third kappa shape index (κ3) is 10.7. The zero-order valence-electron chi connectivity index (χ0n) is 16.1. The number of halogens is 1. The molecule has 0 aromatic heterocycles. The van der Waals surface area contributed by atoms with Gasteiger partial charge in [0.15, 0.2) is 5.96 Å². The van der Waals surface area contributed by atoms with E-state index in [1.807, 2.05) is 13.0 Å². The molecule has 0 saturated carbocycles. The van der Waals surface area contributed by atoms with Gasteiger partial charge >= 0.3 is 0 Å². The van der Waals surface area contributed by atoms with Crippen LogP contribution in [0.15, 0.2) is 35.3 Å². The van der Waals surface area contributed by atoms with Crippen LogP contribution in [0.2, 0.25) is 0 Å². The molecule has 25 heavy (non-hydrogen) atoms. The number of aliphatic imine (C=N–C) groups is 1. The maximum atomic E-state index is 5.36. The normalized spacial score (nSPS) is 12.6. The van der Waals surface area contributed by atoms with E-state index in [0.29, 0.717) is 0 Å². The van der Waals surface area contributed by atoms with Crippen molar-refractivity contribution in [2.45, 2.75) is 32.7 Å². The number of likely N-dealkylation sites (N-methyl/N-ethyl adjacent to an activating group) is 1. The molecule has 0 aliphatic heterocycles. The van der Waals surface area contributed by atoms with E-state index in [9.17, 15) is 0 Å². The van der Waals surface area contributed by atoms with Gasteiger partial charge in [-0.1, -0.05) is 30.3 Å². The lowest BCUT2D eigenvalue weighted by atomic mass is 10.1. The largest absolute Gasteiger partial charge is 0.382 e. The Morgan fingerprint density at radius 3 is 2.44 bits per heavy atom. The zero-order chi connectivity index (χ0) is 17.6. The van der Waals surface area contributed by atoms with Gasteiger partial charge in [-0.15, -0.1) is 24.0 Å².